The van der Waals surface area contributed by atoms with Gasteiger partial charge in [0.2, 0.25) is 0 Å². The summed E-state index contributed by atoms with van der Waals surface area (Å²) in [5.74, 6) is 3.97. The number of thiol groups is 1. The molecule has 4 aliphatic rings. The highest BCUT2D eigenvalue weighted by Gasteiger charge is 2.58. The van der Waals surface area contributed by atoms with Gasteiger partial charge in [-0.1, -0.05) is 26.0 Å². The van der Waals surface area contributed by atoms with Crippen LogP contribution < -0.4 is 0 Å². The molecule has 0 bridgehead atoms. The number of fused-ring (bicyclic) bond motifs is 5. The molecule has 4 rings (SSSR count). The lowest BCUT2D eigenvalue weighted by molar-refractivity contribution is -0.0859. The Labute approximate surface area is 143 Å². The predicted molar refractivity (Wildman–Crippen MR) is 99.4 cm³/mol. The molecule has 0 amide bonds. The van der Waals surface area contributed by atoms with Gasteiger partial charge in [-0.05, 0) is 85.9 Å². The van der Waals surface area contributed by atoms with Crippen molar-refractivity contribution < 1.29 is 0 Å². The summed E-state index contributed by atoms with van der Waals surface area (Å²) in [6.45, 7) is 5.20. The minimum absolute atomic E-state index is 0. The summed E-state index contributed by atoms with van der Waals surface area (Å²) >= 11 is 4.96. The summed E-state index contributed by atoms with van der Waals surface area (Å²) in [6, 6.07) is 0. The van der Waals surface area contributed by atoms with Crippen LogP contribution >= 0.6 is 26.1 Å². The summed E-state index contributed by atoms with van der Waals surface area (Å²) in [7, 11) is 0. The second kappa shape index (κ2) is 5.51. The molecule has 0 aromatic carbocycles. The van der Waals surface area contributed by atoms with Crippen LogP contribution in [0.4, 0.5) is 0 Å². The number of hydrogen-bond donors (Lipinski definition) is 1. The van der Waals surface area contributed by atoms with Gasteiger partial charge in [0.15, 0.2) is 0 Å². The van der Waals surface area contributed by atoms with E-state index in [-0.39, 0.29) is 13.5 Å². The standard InChI is InChI=1S/C19H30S.H2S/c1-18-11-4-3-5-13(18)6-7-14-15-8-9-17(20)19(15,2)12-10-16(14)18;/h3-4,13-17,20H,5-12H2,1-2H3;1H2/t13?,14-,15-,16-,17?,18-,19-;/m0./s1. The van der Waals surface area contributed by atoms with Crippen molar-refractivity contribution in [3.8, 4) is 0 Å². The second-order valence-corrected chi connectivity index (χ2v) is 9.33. The highest BCUT2D eigenvalue weighted by molar-refractivity contribution is 7.81. The van der Waals surface area contributed by atoms with Crippen LogP contribution in [0, 0.1) is 34.5 Å². The molecule has 0 spiro atoms. The Morgan fingerprint density at radius 3 is 2.48 bits per heavy atom. The Hall–Kier alpha value is 0.440. The monoisotopic (exact) mass is 324 g/mol. The highest BCUT2D eigenvalue weighted by atomic mass is 32.1. The van der Waals surface area contributed by atoms with Crippen LogP contribution in [0.3, 0.4) is 0 Å². The lowest BCUT2D eigenvalue weighted by atomic mass is 9.46. The van der Waals surface area contributed by atoms with E-state index in [1.807, 2.05) is 0 Å². The molecule has 3 saturated carbocycles. The molecule has 0 radical (unpaired) electrons. The van der Waals surface area contributed by atoms with Gasteiger partial charge in [-0.15, -0.1) is 0 Å². The molecule has 0 aromatic heterocycles. The molecular weight excluding hydrogens is 292 g/mol. The third kappa shape index (κ3) is 2.18. The molecule has 2 unspecified atom stereocenters. The van der Waals surface area contributed by atoms with Crippen LogP contribution in [0.5, 0.6) is 0 Å². The van der Waals surface area contributed by atoms with Crippen LogP contribution in [0.2, 0.25) is 0 Å². The predicted octanol–water partition coefficient (Wildman–Crippen LogP) is 5.61. The normalized spacial score (nSPS) is 55.1. The van der Waals surface area contributed by atoms with Crippen molar-refractivity contribution in [1.29, 1.82) is 0 Å². The Morgan fingerprint density at radius 1 is 0.905 bits per heavy atom. The van der Waals surface area contributed by atoms with Crippen molar-refractivity contribution in [2.24, 2.45) is 34.5 Å². The van der Waals surface area contributed by atoms with Gasteiger partial charge in [0.25, 0.3) is 0 Å². The van der Waals surface area contributed by atoms with Crippen LogP contribution in [0.25, 0.3) is 0 Å². The van der Waals surface area contributed by atoms with Crippen molar-refractivity contribution >= 4 is 26.1 Å². The molecule has 0 heterocycles. The van der Waals surface area contributed by atoms with Crippen LogP contribution in [-0.2, 0) is 0 Å². The molecule has 21 heavy (non-hydrogen) atoms. The maximum atomic E-state index is 4.96. The molecule has 0 nitrogen and oxygen atoms in total. The molecule has 0 saturated heterocycles. The fourth-order valence-electron chi connectivity index (χ4n) is 6.81. The molecule has 3 fully saturated rings. The summed E-state index contributed by atoms with van der Waals surface area (Å²) in [4.78, 5) is 0. The van der Waals surface area contributed by atoms with E-state index in [0.29, 0.717) is 16.1 Å². The zero-order valence-corrected chi connectivity index (χ0v) is 15.5. The van der Waals surface area contributed by atoms with E-state index in [1.54, 1.807) is 0 Å². The summed E-state index contributed by atoms with van der Waals surface area (Å²) in [5.41, 5.74) is 1.17. The summed E-state index contributed by atoms with van der Waals surface area (Å²) < 4.78 is 0. The van der Waals surface area contributed by atoms with Gasteiger partial charge >= 0.3 is 0 Å². The van der Waals surface area contributed by atoms with Gasteiger partial charge < -0.3 is 0 Å². The zero-order chi connectivity index (χ0) is 14.0. The highest BCUT2D eigenvalue weighted by Crippen LogP contribution is 2.66. The van der Waals surface area contributed by atoms with Crippen molar-refractivity contribution in [1.82, 2.24) is 0 Å². The molecule has 0 aromatic rings. The van der Waals surface area contributed by atoms with E-state index in [4.69, 9.17) is 12.6 Å². The van der Waals surface area contributed by atoms with Crippen LogP contribution in [-0.4, -0.2) is 5.25 Å². The summed E-state index contributed by atoms with van der Waals surface area (Å²) in [5, 5.41) is 0.672. The molecule has 0 aliphatic heterocycles. The molecule has 4 aliphatic carbocycles. The zero-order valence-electron chi connectivity index (χ0n) is 13.6. The average Bonchev–Trinajstić information content (AvgIpc) is 2.74. The maximum Gasteiger partial charge on any atom is 0.00735 e. The van der Waals surface area contributed by atoms with E-state index in [2.05, 4.69) is 26.0 Å². The quantitative estimate of drug-likeness (QED) is 0.435. The first-order valence-electron chi connectivity index (χ1n) is 8.89. The maximum absolute atomic E-state index is 4.96. The fraction of sp³-hybridized carbons (Fsp3) is 0.895. The molecule has 2 heteroatoms. The minimum atomic E-state index is 0. The fourth-order valence-corrected chi connectivity index (χ4v) is 7.28. The lowest BCUT2D eigenvalue weighted by Crippen LogP contribution is -2.52. The van der Waals surface area contributed by atoms with Gasteiger partial charge in [-0.2, -0.15) is 26.1 Å². The van der Waals surface area contributed by atoms with Crippen molar-refractivity contribution in [2.45, 2.75) is 70.5 Å². The smallest absolute Gasteiger partial charge is 0.00735 e. The Kier molecular flexibility index (Phi) is 4.28. The van der Waals surface area contributed by atoms with E-state index in [0.717, 1.165) is 23.7 Å². The van der Waals surface area contributed by atoms with E-state index in [1.165, 1.54) is 51.4 Å². The molecule has 120 valence electrons. The van der Waals surface area contributed by atoms with E-state index in [9.17, 15) is 0 Å². The van der Waals surface area contributed by atoms with Crippen LogP contribution in [0.15, 0.2) is 12.2 Å². The van der Waals surface area contributed by atoms with Gasteiger partial charge in [0.1, 0.15) is 0 Å². The third-order valence-electron chi connectivity index (χ3n) is 8.16. The van der Waals surface area contributed by atoms with E-state index >= 15 is 0 Å². The van der Waals surface area contributed by atoms with Crippen LogP contribution in [0.1, 0.15) is 65.2 Å². The van der Waals surface area contributed by atoms with Crippen molar-refractivity contribution in [3.05, 3.63) is 12.2 Å². The Balaban J connectivity index is 0.00000132. The SMILES string of the molecule is C[C@]12CC=CCC1CC[C@@H]1[C@@H]2CC[C@]2(C)C(S)CC[C@@H]12.S. The molecule has 7 atom stereocenters. The topological polar surface area (TPSA) is 0 Å². The number of allylic oxidation sites excluding steroid dienone is 2. The second-order valence-electron chi connectivity index (χ2n) is 8.71. The molecule has 0 N–H and O–H groups in total. The number of rotatable bonds is 0. The minimum Gasteiger partial charge on any atom is -0.197 e. The number of hydrogen-bond acceptors (Lipinski definition) is 1. The third-order valence-corrected chi connectivity index (χ3v) is 9.01. The first-order chi connectivity index (χ1) is 9.56. The van der Waals surface area contributed by atoms with Gasteiger partial charge in [-0.3, -0.25) is 0 Å². The van der Waals surface area contributed by atoms with Gasteiger partial charge in [0.05, 0.1) is 0 Å². The largest absolute Gasteiger partial charge is 0.197 e. The average molecular weight is 325 g/mol. The Morgan fingerprint density at radius 2 is 1.67 bits per heavy atom. The first-order valence-corrected chi connectivity index (χ1v) is 9.40. The van der Waals surface area contributed by atoms with Gasteiger partial charge in [-0.25, -0.2) is 0 Å². The molecular formula is C19H32S2. The lowest BCUT2D eigenvalue weighted by Gasteiger charge is -2.59. The van der Waals surface area contributed by atoms with Crippen molar-refractivity contribution in [3.63, 3.8) is 0 Å². The van der Waals surface area contributed by atoms with Crippen molar-refractivity contribution in [2.75, 3.05) is 0 Å². The van der Waals surface area contributed by atoms with E-state index < -0.39 is 0 Å². The first kappa shape index (κ1) is 16.3. The Bertz CT molecular complexity index is 431. The van der Waals surface area contributed by atoms with Gasteiger partial charge in [0, 0.05) is 5.25 Å². The summed E-state index contributed by atoms with van der Waals surface area (Å²) in [6.07, 6.45) is 16.4.